The van der Waals surface area contributed by atoms with Crippen molar-refractivity contribution in [2.45, 2.75) is 270 Å². The molecule has 84 heavy (non-hydrogen) atoms. The molecule has 0 spiro atoms. The zero-order valence-corrected chi connectivity index (χ0v) is 51.7. The molecule has 0 aromatic carbocycles. The number of ether oxygens (including phenoxy) is 12. The molecule has 3 rings (SSSR count). The summed E-state index contributed by atoms with van der Waals surface area (Å²) in [5.74, 6) is -3.91. The summed E-state index contributed by atoms with van der Waals surface area (Å²) in [7, 11) is 0. The van der Waals surface area contributed by atoms with Gasteiger partial charge in [-0.25, -0.2) is 24.0 Å². The Balaban J connectivity index is 2.36. The molecule has 3 aliphatic rings. The van der Waals surface area contributed by atoms with Gasteiger partial charge in [0, 0.05) is 46.8 Å². The number of carbonyl (C=O) groups is 9. The lowest BCUT2D eigenvalue weighted by Gasteiger charge is -2.50. The fourth-order valence-electron chi connectivity index (χ4n) is 8.87. The molecule has 0 aromatic heterocycles. The second-order valence-electron chi connectivity index (χ2n) is 25.5. The van der Waals surface area contributed by atoms with Crippen LogP contribution in [0.15, 0.2) is 0 Å². The van der Waals surface area contributed by atoms with Crippen molar-refractivity contribution < 1.29 is 110 Å². The number of aliphatic hydroxyl groups excluding tert-OH is 2. The number of amides is 6. The lowest BCUT2D eigenvalue weighted by atomic mass is 9.82. The second kappa shape index (κ2) is 30.3. The predicted octanol–water partition coefficient (Wildman–Crippen LogP) is 2.47. The Morgan fingerprint density at radius 1 is 0.536 bits per heavy atom. The van der Waals surface area contributed by atoms with Crippen molar-refractivity contribution >= 4 is 54.3 Å². The maximum atomic E-state index is 14.6. The molecule has 0 bridgehead atoms. The van der Waals surface area contributed by atoms with Crippen LogP contribution in [0.5, 0.6) is 0 Å². The van der Waals surface area contributed by atoms with E-state index in [2.05, 4.69) is 31.9 Å². The summed E-state index contributed by atoms with van der Waals surface area (Å²) < 4.78 is 70.4. The molecule has 482 valence electrons. The molecule has 30 nitrogen and oxygen atoms in total. The number of carbonyl (C=O) groups excluding carboxylic acids is 9. The highest BCUT2D eigenvalue weighted by Gasteiger charge is 2.57. The van der Waals surface area contributed by atoms with Crippen molar-refractivity contribution in [1.29, 1.82) is 0 Å². The minimum Gasteiger partial charge on any atom is -0.457 e. The average molecular weight is 1210 g/mol. The summed E-state index contributed by atoms with van der Waals surface area (Å²) in [6.07, 6.45) is -24.1. The molecule has 0 aromatic rings. The molecule has 0 radical (unpaired) electrons. The summed E-state index contributed by atoms with van der Waals surface area (Å²) in [5.41, 5.74) is 0.985. The molecule has 1 saturated carbocycles. The number of nitrogens with one attached hydrogen (secondary N) is 6. The van der Waals surface area contributed by atoms with E-state index < -0.39 is 187 Å². The van der Waals surface area contributed by atoms with Gasteiger partial charge in [0.15, 0.2) is 30.9 Å². The minimum atomic E-state index is -2.13. The highest BCUT2D eigenvalue weighted by atomic mass is 16.7. The van der Waals surface area contributed by atoms with E-state index >= 15 is 0 Å². The normalized spacial score (nSPS) is 27.4. The van der Waals surface area contributed by atoms with Crippen molar-refractivity contribution in [2.24, 2.45) is 5.73 Å². The first kappa shape index (κ1) is 72.2. The third kappa shape index (κ3) is 25.7. The van der Waals surface area contributed by atoms with E-state index in [4.69, 9.17) is 62.6 Å². The maximum Gasteiger partial charge on any atom is 0.408 e. The molecule has 2 heterocycles. The van der Waals surface area contributed by atoms with Crippen LogP contribution in [-0.4, -0.2) is 204 Å². The fourth-order valence-corrected chi connectivity index (χ4v) is 8.87. The van der Waals surface area contributed by atoms with E-state index in [0.717, 1.165) is 20.8 Å². The lowest BCUT2D eigenvalue weighted by Crippen LogP contribution is -2.72. The van der Waals surface area contributed by atoms with Gasteiger partial charge >= 0.3 is 48.4 Å². The number of hydrogen-bond acceptors (Lipinski definition) is 24. The molecule has 2 saturated heterocycles. The van der Waals surface area contributed by atoms with Gasteiger partial charge in [-0.05, 0) is 123 Å². The van der Waals surface area contributed by atoms with Crippen LogP contribution in [0.4, 0.5) is 24.0 Å². The van der Waals surface area contributed by atoms with Gasteiger partial charge in [-0.1, -0.05) is 0 Å². The summed E-state index contributed by atoms with van der Waals surface area (Å²) in [4.78, 5) is 120. The zero-order valence-electron chi connectivity index (χ0n) is 51.7. The number of hydrogen-bond donors (Lipinski definition) is 9. The standard InChI is InChI=1S/C54H93N7O23/c1-26(62)73-34(21-22-56-45(68)80-50(4,5)6)42(67)58-31-23-32(60-48(71)83-53(13,14)15)38(77-43-30(59-47(70)82-52(10,11)12)20-19-29(76-43)25-57-46(69)81-51(7,8)9)36(66)37(31)78-44-41(75-28(3)64)35(61-49(72)84-54(16,17)18)40(74-27(2)63)39(79-44)33(65)24-55/h29-41,43-44,65-66H,19-25,55H2,1-18H3,(H,56,68)(H,57,69)(H,58,67)(H,59,70)(H,60,71)(H,61,72)/t29?,30?,31-,32-,33?,34+,35+,36?,37+,38?,39?,40+,41?,43-,44+/m1/s1. The van der Waals surface area contributed by atoms with Gasteiger partial charge in [0.05, 0.1) is 30.3 Å². The molecule has 30 heteroatoms. The van der Waals surface area contributed by atoms with Crippen LogP contribution in [-0.2, 0) is 76.0 Å². The highest BCUT2D eigenvalue weighted by Crippen LogP contribution is 2.36. The Hall–Kier alpha value is -6.05. The van der Waals surface area contributed by atoms with E-state index in [1.807, 2.05) is 0 Å². The number of aliphatic hydroxyl groups is 2. The van der Waals surface area contributed by atoms with Gasteiger partial charge in [-0.3, -0.25) is 19.2 Å². The van der Waals surface area contributed by atoms with Crippen LogP contribution in [0.1, 0.15) is 150 Å². The second-order valence-corrected chi connectivity index (χ2v) is 25.5. The maximum absolute atomic E-state index is 14.6. The van der Waals surface area contributed by atoms with E-state index in [0.29, 0.717) is 0 Å². The number of alkyl carbamates (subject to hydrolysis) is 5. The van der Waals surface area contributed by atoms with Crippen LogP contribution in [0.25, 0.3) is 0 Å². The summed E-state index contributed by atoms with van der Waals surface area (Å²) in [6, 6.07) is -5.78. The van der Waals surface area contributed by atoms with Crippen molar-refractivity contribution in [3.05, 3.63) is 0 Å². The zero-order chi connectivity index (χ0) is 64.0. The Labute approximate surface area is 490 Å². The van der Waals surface area contributed by atoms with Gasteiger partial charge in [-0.15, -0.1) is 0 Å². The fraction of sp³-hybridized carbons (Fsp3) is 0.833. The number of nitrogens with two attached hydrogens (primary N) is 1. The molecule has 6 amide bonds. The number of esters is 3. The van der Waals surface area contributed by atoms with Crippen LogP contribution in [0.2, 0.25) is 0 Å². The van der Waals surface area contributed by atoms with Gasteiger partial charge in [0.25, 0.3) is 5.91 Å². The van der Waals surface area contributed by atoms with Crippen LogP contribution >= 0.6 is 0 Å². The van der Waals surface area contributed by atoms with E-state index in [9.17, 15) is 53.4 Å². The Morgan fingerprint density at radius 2 is 0.976 bits per heavy atom. The molecular weight excluding hydrogens is 1110 g/mol. The first-order valence-corrected chi connectivity index (χ1v) is 27.8. The molecule has 15 atom stereocenters. The van der Waals surface area contributed by atoms with E-state index in [-0.39, 0.29) is 32.4 Å². The number of rotatable bonds is 19. The van der Waals surface area contributed by atoms with Crippen LogP contribution in [0.3, 0.4) is 0 Å². The third-order valence-corrected chi connectivity index (χ3v) is 11.8. The van der Waals surface area contributed by atoms with Crippen LogP contribution in [0, 0.1) is 0 Å². The monoisotopic (exact) mass is 1210 g/mol. The Morgan fingerprint density at radius 3 is 1.45 bits per heavy atom. The van der Waals surface area contributed by atoms with Crippen LogP contribution < -0.4 is 37.6 Å². The smallest absolute Gasteiger partial charge is 0.408 e. The van der Waals surface area contributed by atoms with Crippen molar-refractivity contribution in [3.63, 3.8) is 0 Å². The van der Waals surface area contributed by atoms with Gasteiger partial charge < -0.3 is 105 Å². The topological polar surface area (TPSA) is 403 Å². The quantitative estimate of drug-likeness (QED) is 0.0662. The summed E-state index contributed by atoms with van der Waals surface area (Å²) in [6.45, 7) is 26.3. The molecule has 3 fully saturated rings. The molecule has 7 unspecified atom stereocenters. The lowest BCUT2D eigenvalue weighted by molar-refractivity contribution is -0.323. The molecule has 1 aliphatic carbocycles. The highest BCUT2D eigenvalue weighted by molar-refractivity contribution is 5.84. The Kier molecular flexibility index (Phi) is 26.1. The Bertz CT molecular complexity index is 2260. The van der Waals surface area contributed by atoms with Crippen molar-refractivity contribution in [1.82, 2.24) is 31.9 Å². The third-order valence-electron chi connectivity index (χ3n) is 11.8. The van der Waals surface area contributed by atoms with Crippen molar-refractivity contribution in [2.75, 3.05) is 19.6 Å². The first-order valence-electron chi connectivity index (χ1n) is 27.8. The summed E-state index contributed by atoms with van der Waals surface area (Å²) in [5, 5.41) is 40.3. The minimum absolute atomic E-state index is 0.108. The van der Waals surface area contributed by atoms with E-state index in [1.54, 1.807) is 104 Å². The van der Waals surface area contributed by atoms with Crippen molar-refractivity contribution in [3.8, 4) is 0 Å². The molecule has 10 N–H and O–H groups in total. The summed E-state index contributed by atoms with van der Waals surface area (Å²) >= 11 is 0. The first-order chi connectivity index (χ1) is 38.4. The molecule has 2 aliphatic heterocycles. The van der Waals surface area contributed by atoms with Gasteiger partial charge in [-0.2, -0.15) is 0 Å². The SMILES string of the molecule is CC(=O)OC1[C@@H](O[C@@H]2C(O)C(O[C@H]3OC(CNC(=O)OC(C)(C)C)CCC3NC(=O)OC(C)(C)C)[C@H](NC(=O)OC(C)(C)C)C[C@H]2NC(=O)[C@H](CCNC(=O)OC(C)(C)C)OC(C)=O)OC(C(O)CN)[C@@H](OC(C)=O)[C@@H]1NC(=O)OC(C)(C)C. The van der Waals surface area contributed by atoms with Gasteiger partial charge in [0.2, 0.25) is 0 Å². The van der Waals surface area contributed by atoms with Gasteiger partial charge in [0.1, 0.15) is 58.5 Å². The molecular formula is C54H93N7O23. The van der Waals surface area contributed by atoms with E-state index in [1.165, 1.54) is 0 Å². The largest absolute Gasteiger partial charge is 0.457 e. The average Bonchev–Trinajstić information content (AvgIpc) is 1.96. The predicted molar refractivity (Wildman–Crippen MR) is 293 cm³/mol.